The van der Waals surface area contributed by atoms with Gasteiger partial charge in [0.05, 0.1) is 23.7 Å². The maximum Gasteiger partial charge on any atom is 0.417 e. The molecule has 0 unspecified atom stereocenters. The Balaban J connectivity index is 1.44. The average Bonchev–Trinajstić information content (AvgIpc) is 2.70. The molecule has 0 aromatic heterocycles. The molecule has 0 spiro atoms. The normalized spacial score (nSPS) is 21.2. The van der Waals surface area contributed by atoms with E-state index in [0.29, 0.717) is 32.7 Å². The zero-order valence-corrected chi connectivity index (χ0v) is 18.3. The van der Waals surface area contributed by atoms with Crippen molar-refractivity contribution in [2.45, 2.75) is 38.4 Å². The molecule has 6 nitrogen and oxygen atoms in total. The summed E-state index contributed by atoms with van der Waals surface area (Å²) in [5.41, 5.74) is -0.921. The van der Waals surface area contributed by atoms with Gasteiger partial charge in [-0.1, -0.05) is 11.6 Å². The Hall–Kier alpha value is -1.84. The molecule has 2 aliphatic heterocycles. The maximum absolute atomic E-state index is 13.0. The van der Waals surface area contributed by atoms with E-state index in [1.807, 2.05) is 9.80 Å². The SMILES string of the molecule is C[C@H]1CCCCN1C(=O)CN1CCN(CC(=O)Nc2ccc(Cl)c(C(F)(F)F)c2)CC1. The molecular formula is C21H28ClF3N4O2. The van der Waals surface area contributed by atoms with Gasteiger partial charge in [-0.25, -0.2) is 0 Å². The first-order valence-corrected chi connectivity index (χ1v) is 10.9. The van der Waals surface area contributed by atoms with Crippen LogP contribution in [0, 0.1) is 0 Å². The molecule has 0 saturated carbocycles. The Morgan fingerprint density at radius 3 is 2.32 bits per heavy atom. The third-order valence-electron chi connectivity index (χ3n) is 5.87. The van der Waals surface area contributed by atoms with Crippen LogP contribution >= 0.6 is 11.6 Å². The first kappa shape index (κ1) is 23.8. The van der Waals surface area contributed by atoms with Gasteiger partial charge in [-0.15, -0.1) is 0 Å². The second-order valence-electron chi connectivity index (χ2n) is 8.22. The molecule has 1 aromatic rings. The molecule has 2 amide bonds. The van der Waals surface area contributed by atoms with Crippen LogP contribution in [0.3, 0.4) is 0 Å². The molecular weight excluding hydrogens is 433 g/mol. The van der Waals surface area contributed by atoms with Crippen molar-refractivity contribution in [1.82, 2.24) is 14.7 Å². The molecule has 2 heterocycles. The van der Waals surface area contributed by atoms with Gasteiger partial charge in [0.1, 0.15) is 0 Å². The van der Waals surface area contributed by atoms with Crippen LogP contribution in [0.2, 0.25) is 5.02 Å². The molecule has 0 radical (unpaired) electrons. The number of rotatable bonds is 5. The van der Waals surface area contributed by atoms with Gasteiger partial charge in [-0.3, -0.25) is 19.4 Å². The fraction of sp³-hybridized carbons (Fsp3) is 0.619. The Labute approximate surface area is 185 Å². The van der Waals surface area contributed by atoms with Gasteiger partial charge in [-0.2, -0.15) is 13.2 Å². The van der Waals surface area contributed by atoms with Crippen LogP contribution in [0.5, 0.6) is 0 Å². The summed E-state index contributed by atoms with van der Waals surface area (Å²) in [7, 11) is 0. The molecule has 1 atom stereocenters. The van der Waals surface area contributed by atoms with Crippen molar-refractivity contribution in [3.8, 4) is 0 Å². The second-order valence-corrected chi connectivity index (χ2v) is 8.63. The lowest BCUT2D eigenvalue weighted by atomic mass is 10.0. The van der Waals surface area contributed by atoms with Crippen molar-refractivity contribution < 1.29 is 22.8 Å². The number of hydrogen-bond acceptors (Lipinski definition) is 4. The maximum atomic E-state index is 13.0. The Kier molecular flexibility index (Phi) is 7.82. The molecule has 10 heteroatoms. The fourth-order valence-corrected chi connectivity index (χ4v) is 4.30. The van der Waals surface area contributed by atoms with E-state index in [4.69, 9.17) is 11.6 Å². The molecule has 1 aromatic carbocycles. The Bertz CT molecular complexity index is 797. The van der Waals surface area contributed by atoms with Crippen LogP contribution in [0.25, 0.3) is 0 Å². The van der Waals surface area contributed by atoms with Crippen molar-refractivity contribution in [1.29, 1.82) is 0 Å². The molecule has 172 valence electrons. The number of amides is 2. The van der Waals surface area contributed by atoms with Crippen LogP contribution in [-0.2, 0) is 15.8 Å². The van der Waals surface area contributed by atoms with E-state index < -0.39 is 16.8 Å². The lowest BCUT2D eigenvalue weighted by Crippen LogP contribution is -2.53. The van der Waals surface area contributed by atoms with Crippen LogP contribution in [0.4, 0.5) is 18.9 Å². The fourth-order valence-electron chi connectivity index (χ4n) is 4.08. The highest BCUT2D eigenvalue weighted by Gasteiger charge is 2.33. The predicted molar refractivity (Wildman–Crippen MR) is 113 cm³/mol. The highest BCUT2D eigenvalue weighted by atomic mass is 35.5. The van der Waals surface area contributed by atoms with Gasteiger partial charge in [0, 0.05) is 44.5 Å². The lowest BCUT2D eigenvalue weighted by molar-refractivity contribution is -0.137. The van der Waals surface area contributed by atoms with E-state index >= 15 is 0 Å². The smallest absolute Gasteiger partial charge is 0.339 e. The number of hydrogen-bond donors (Lipinski definition) is 1. The molecule has 0 aliphatic carbocycles. The molecule has 0 bridgehead atoms. The molecule has 1 N–H and O–H groups in total. The number of carbonyl (C=O) groups excluding carboxylic acids is 2. The molecule has 3 rings (SSSR count). The number of nitrogens with one attached hydrogen (secondary N) is 1. The van der Waals surface area contributed by atoms with Gasteiger partial charge in [0.2, 0.25) is 11.8 Å². The van der Waals surface area contributed by atoms with Crippen LogP contribution in [0.15, 0.2) is 18.2 Å². The van der Waals surface area contributed by atoms with Crippen molar-refractivity contribution in [3.05, 3.63) is 28.8 Å². The number of anilines is 1. The monoisotopic (exact) mass is 460 g/mol. The number of benzene rings is 1. The van der Waals surface area contributed by atoms with Gasteiger partial charge in [0.25, 0.3) is 0 Å². The van der Waals surface area contributed by atoms with Crippen LogP contribution < -0.4 is 5.32 Å². The van der Waals surface area contributed by atoms with E-state index in [2.05, 4.69) is 17.1 Å². The zero-order valence-electron chi connectivity index (χ0n) is 17.6. The standard InChI is InChI=1S/C21H28ClF3N4O2/c1-15-4-2-3-7-29(15)20(31)14-28-10-8-27(9-11-28)13-19(30)26-16-5-6-18(22)17(12-16)21(23,24)25/h5-6,12,15H,2-4,7-11,13-14H2,1H3,(H,26,30)/t15-/m0/s1. The molecule has 2 aliphatic rings. The Morgan fingerprint density at radius 1 is 1.06 bits per heavy atom. The number of piperazine rings is 1. The third-order valence-corrected chi connectivity index (χ3v) is 6.20. The third kappa shape index (κ3) is 6.57. The van der Waals surface area contributed by atoms with Gasteiger partial charge < -0.3 is 10.2 Å². The van der Waals surface area contributed by atoms with Crippen molar-refractivity contribution in [2.24, 2.45) is 0 Å². The lowest BCUT2D eigenvalue weighted by Gasteiger charge is -2.37. The van der Waals surface area contributed by atoms with E-state index in [9.17, 15) is 22.8 Å². The highest BCUT2D eigenvalue weighted by molar-refractivity contribution is 6.31. The zero-order chi connectivity index (χ0) is 22.6. The quantitative estimate of drug-likeness (QED) is 0.732. The summed E-state index contributed by atoms with van der Waals surface area (Å²) in [6.45, 7) is 5.94. The van der Waals surface area contributed by atoms with Crippen molar-refractivity contribution in [3.63, 3.8) is 0 Å². The Morgan fingerprint density at radius 2 is 1.71 bits per heavy atom. The number of nitrogens with zero attached hydrogens (tertiary/aromatic N) is 3. The minimum atomic E-state index is -4.59. The number of halogens is 4. The number of piperidine rings is 1. The minimum absolute atomic E-state index is 0.0570. The number of likely N-dealkylation sites (tertiary alicyclic amines) is 1. The summed E-state index contributed by atoms with van der Waals surface area (Å²) < 4.78 is 38.9. The van der Waals surface area contributed by atoms with Gasteiger partial charge >= 0.3 is 6.18 Å². The van der Waals surface area contributed by atoms with Crippen LogP contribution in [-0.4, -0.2) is 78.4 Å². The minimum Gasteiger partial charge on any atom is -0.339 e. The summed E-state index contributed by atoms with van der Waals surface area (Å²) in [6, 6.07) is 3.60. The summed E-state index contributed by atoms with van der Waals surface area (Å²) in [6.07, 6.45) is -1.32. The van der Waals surface area contributed by atoms with E-state index in [1.165, 1.54) is 12.5 Å². The number of alkyl halides is 3. The first-order valence-electron chi connectivity index (χ1n) is 10.5. The second kappa shape index (κ2) is 10.2. The van der Waals surface area contributed by atoms with Gasteiger partial charge in [0.15, 0.2) is 0 Å². The highest BCUT2D eigenvalue weighted by Crippen LogP contribution is 2.36. The molecule has 2 fully saturated rings. The molecule has 2 saturated heterocycles. The van der Waals surface area contributed by atoms with E-state index in [0.717, 1.165) is 31.5 Å². The van der Waals surface area contributed by atoms with Crippen molar-refractivity contribution in [2.75, 3.05) is 51.1 Å². The largest absolute Gasteiger partial charge is 0.417 e. The summed E-state index contributed by atoms with van der Waals surface area (Å²) in [4.78, 5) is 30.8. The van der Waals surface area contributed by atoms with E-state index in [1.54, 1.807) is 0 Å². The first-order chi connectivity index (χ1) is 14.6. The average molecular weight is 461 g/mol. The van der Waals surface area contributed by atoms with Crippen LogP contribution in [0.1, 0.15) is 31.7 Å². The summed E-state index contributed by atoms with van der Waals surface area (Å²) >= 11 is 5.61. The summed E-state index contributed by atoms with van der Waals surface area (Å²) in [5.74, 6) is -0.233. The summed E-state index contributed by atoms with van der Waals surface area (Å²) in [5, 5.41) is 2.10. The number of carbonyl (C=O) groups is 2. The topological polar surface area (TPSA) is 55.9 Å². The van der Waals surface area contributed by atoms with Gasteiger partial charge in [-0.05, 0) is 44.4 Å². The predicted octanol–water partition coefficient (Wildman–Crippen LogP) is 3.32. The van der Waals surface area contributed by atoms with E-state index in [-0.39, 0.29) is 30.1 Å². The van der Waals surface area contributed by atoms with Crippen molar-refractivity contribution >= 4 is 29.1 Å². The molecule has 31 heavy (non-hydrogen) atoms.